The number of ether oxygens (including phenoxy) is 1. The number of carbonyl (C=O) groups excluding carboxylic acids is 1. The van der Waals surface area contributed by atoms with Gasteiger partial charge in [0.15, 0.2) is 0 Å². The number of benzene rings is 2. The topological polar surface area (TPSA) is 95.9 Å². The third-order valence-electron chi connectivity index (χ3n) is 5.39. The highest BCUT2D eigenvalue weighted by Crippen LogP contribution is 2.44. The van der Waals surface area contributed by atoms with Crippen molar-refractivity contribution in [3.05, 3.63) is 59.7 Å². The number of carboxylic acid groups (broad SMARTS) is 1. The number of carbonyl (C=O) groups is 2. The Morgan fingerprint density at radius 2 is 1.55 bits per heavy atom. The zero-order valence-electron chi connectivity index (χ0n) is 16.9. The summed E-state index contributed by atoms with van der Waals surface area (Å²) in [6.07, 6.45) is -1.78. The summed E-state index contributed by atoms with van der Waals surface area (Å²) in [6.45, 7) is 5.53. The van der Waals surface area contributed by atoms with Gasteiger partial charge in [-0.2, -0.15) is 0 Å². The highest BCUT2D eigenvalue weighted by Gasteiger charge is 2.32. The van der Waals surface area contributed by atoms with E-state index in [-0.39, 0.29) is 18.9 Å². The van der Waals surface area contributed by atoms with E-state index in [2.05, 4.69) is 5.32 Å². The third kappa shape index (κ3) is 4.59. The Morgan fingerprint density at radius 1 is 1.03 bits per heavy atom. The summed E-state index contributed by atoms with van der Waals surface area (Å²) in [6, 6.07) is 14.7. The van der Waals surface area contributed by atoms with Gasteiger partial charge in [-0.3, -0.25) is 0 Å². The van der Waals surface area contributed by atoms with Gasteiger partial charge in [0.1, 0.15) is 12.6 Å². The average Bonchev–Trinajstić information content (AvgIpc) is 2.99. The minimum absolute atomic E-state index is 0.0942. The Balaban J connectivity index is 1.67. The number of rotatable bonds is 6. The van der Waals surface area contributed by atoms with E-state index >= 15 is 0 Å². The molecule has 3 rings (SSSR count). The molecule has 0 saturated heterocycles. The van der Waals surface area contributed by atoms with E-state index in [9.17, 15) is 19.8 Å². The van der Waals surface area contributed by atoms with Crippen LogP contribution in [0.1, 0.15) is 44.2 Å². The molecule has 0 saturated carbocycles. The highest BCUT2D eigenvalue weighted by atomic mass is 16.5. The van der Waals surface area contributed by atoms with E-state index in [1.165, 1.54) is 0 Å². The van der Waals surface area contributed by atoms with Crippen LogP contribution in [0.4, 0.5) is 4.79 Å². The lowest BCUT2D eigenvalue weighted by Crippen LogP contribution is -2.45. The molecule has 0 aromatic heterocycles. The predicted octanol–water partition coefficient (Wildman–Crippen LogP) is 3.78. The first-order valence-electron chi connectivity index (χ1n) is 9.71. The van der Waals surface area contributed by atoms with Gasteiger partial charge < -0.3 is 20.3 Å². The van der Waals surface area contributed by atoms with Crippen molar-refractivity contribution in [1.29, 1.82) is 0 Å². The van der Waals surface area contributed by atoms with Crippen LogP contribution in [0, 0.1) is 5.41 Å². The third-order valence-corrected chi connectivity index (χ3v) is 5.39. The molecule has 0 heterocycles. The van der Waals surface area contributed by atoms with Crippen molar-refractivity contribution >= 4 is 12.1 Å². The molecule has 2 aromatic carbocycles. The summed E-state index contributed by atoms with van der Waals surface area (Å²) < 4.78 is 5.39. The molecule has 0 bridgehead atoms. The Morgan fingerprint density at radius 3 is 2.03 bits per heavy atom. The summed E-state index contributed by atoms with van der Waals surface area (Å²) >= 11 is 0. The van der Waals surface area contributed by atoms with Gasteiger partial charge in [0.05, 0.1) is 6.10 Å². The van der Waals surface area contributed by atoms with Crippen molar-refractivity contribution in [1.82, 2.24) is 5.32 Å². The van der Waals surface area contributed by atoms with E-state index in [1.807, 2.05) is 69.3 Å². The van der Waals surface area contributed by atoms with Gasteiger partial charge in [-0.1, -0.05) is 69.3 Å². The van der Waals surface area contributed by atoms with Crippen LogP contribution in [0.3, 0.4) is 0 Å². The maximum Gasteiger partial charge on any atom is 0.407 e. The molecular weight excluding hydrogens is 370 g/mol. The smallest absolute Gasteiger partial charge is 0.407 e. The van der Waals surface area contributed by atoms with Gasteiger partial charge in [0, 0.05) is 12.3 Å². The van der Waals surface area contributed by atoms with Crippen molar-refractivity contribution < 1.29 is 24.5 Å². The molecule has 29 heavy (non-hydrogen) atoms. The quantitative estimate of drug-likeness (QED) is 0.689. The Kier molecular flexibility index (Phi) is 5.94. The van der Waals surface area contributed by atoms with Crippen LogP contribution in [0.5, 0.6) is 0 Å². The molecule has 2 atom stereocenters. The van der Waals surface area contributed by atoms with Crippen molar-refractivity contribution in [2.45, 2.75) is 45.3 Å². The maximum atomic E-state index is 12.3. The number of nitrogens with one attached hydrogen (secondary N) is 1. The van der Waals surface area contributed by atoms with Crippen LogP contribution in [0.25, 0.3) is 11.1 Å². The van der Waals surface area contributed by atoms with Crippen LogP contribution in [0.2, 0.25) is 0 Å². The van der Waals surface area contributed by atoms with Crippen molar-refractivity contribution in [2.24, 2.45) is 5.41 Å². The molecule has 3 N–H and O–H groups in total. The van der Waals surface area contributed by atoms with Crippen LogP contribution in [0.15, 0.2) is 48.5 Å². The standard InChI is InChI=1S/C23H27NO5/c1-23(2,3)20(25)12-19(21(26)27)24-22(28)29-13-18-16-10-6-4-8-14(16)15-9-5-7-11-17(15)18/h4-11,18-20,25H,12-13H2,1-3H3,(H,24,28)(H,26,27). The number of carboxylic acids is 1. The number of amides is 1. The summed E-state index contributed by atoms with van der Waals surface area (Å²) in [5.74, 6) is -1.31. The highest BCUT2D eigenvalue weighted by molar-refractivity contribution is 5.81. The molecule has 0 radical (unpaired) electrons. The summed E-state index contributed by atoms with van der Waals surface area (Å²) in [4.78, 5) is 23.8. The van der Waals surface area contributed by atoms with Crippen LogP contribution in [-0.4, -0.2) is 41.0 Å². The van der Waals surface area contributed by atoms with Crippen molar-refractivity contribution in [3.63, 3.8) is 0 Å². The van der Waals surface area contributed by atoms with E-state index in [0.29, 0.717) is 0 Å². The molecule has 6 heteroatoms. The Hall–Kier alpha value is -2.86. The molecule has 1 aliphatic carbocycles. The van der Waals surface area contributed by atoms with Gasteiger partial charge >= 0.3 is 12.1 Å². The van der Waals surface area contributed by atoms with Crippen LogP contribution in [-0.2, 0) is 9.53 Å². The molecule has 6 nitrogen and oxygen atoms in total. The second-order valence-electron chi connectivity index (χ2n) is 8.48. The summed E-state index contributed by atoms with van der Waals surface area (Å²) in [7, 11) is 0. The molecule has 1 aliphatic rings. The van der Waals surface area contributed by atoms with Gasteiger partial charge in [-0.15, -0.1) is 0 Å². The van der Waals surface area contributed by atoms with E-state index in [4.69, 9.17) is 4.74 Å². The Bertz CT molecular complexity index is 857. The van der Waals surface area contributed by atoms with Gasteiger partial charge in [0.2, 0.25) is 0 Å². The fourth-order valence-corrected chi connectivity index (χ4v) is 3.58. The molecule has 1 amide bonds. The number of aliphatic carboxylic acids is 1. The van der Waals surface area contributed by atoms with Gasteiger partial charge in [-0.05, 0) is 27.7 Å². The molecule has 2 aromatic rings. The minimum Gasteiger partial charge on any atom is -0.480 e. The molecular formula is C23H27NO5. The normalized spacial score (nSPS) is 15.2. The number of alkyl carbamates (subject to hydrolysis) is 1. The number of hydrogen-bond donors (Lipinski definition) is 3. The monoisotopic (exact) mass is 397 g/mol. The number of fused-ring (bicyclic) bond motifs is 3. The average molecular weight is 397 g/mol. The first-order chi connectivity index (χ1) is 13.7. The predicted molar refractivity (Wildman–Crippen MR) is 110 cm³/mol. The number of hydrogen-bond acceptors (Lipinski definition) is 4. The SMILES string of the molecule is CC(C)(C)C(O)CC(NC(=O)OCC1c2ccccc2-c2ccccc21)C(=O)O. The van der Waals surface area contributed by atoms with Crippen LogP contribution >= 0.6 is 0 Å². The first kappa shape index (κ1) is 20.9. The number of aliphatic hydroxyl groups is 1. The molecule has 0 aliphatic heterocycles. The largest absolute Gasteiger partial charge is 0.480 e. The summed E-state index contributed by atoms with van der Waals surface area (Å²) in [5.41, 5.74) is 3.91. The van der Waals surface area contributed by atoms with Crippen molar-refractivity contribution in [2.75, 3.05) is 6.61 Å². The summed E-state index contributed by atoms with van der Waals surface area (Å²) in [5, 5.41) is 21.9. The second-order valence-corrected chi connectivity index (χ2v) is 8.48. The zero-order chi connectivity index (χ0) is 21.2. The fraction of sp³-hybridized carbons (Fsp3) is 0.391. The second kappa shape index (κ2) is 8.25. The van der Waals surface area contributed by atoms with Crippen molar-refractivity contribution in [3.8, 4) is 11.1 Å². The lowest BCUT2D eigenvalue weighted by atomic mass is 9.85. The molecule has 2 unspecified atom stereocenters. The minimum atomic E-state index is -1.22. The van der Waals surface area contributed by atoms with Crippen LogP contribution < -0.4 is 5.32 Å². The first-order valence-corrected chi connectivity index (χ1v) is 9.71. The van der Waals surface area contributed by atoms with Gasteiger partial charge in [-0.25, -0.2) is 9.59 Å². The number of aliphatic hydroxyl groups excluding tert-OH is 1. The Labute approximate surface area is 170 Å². The van der Waals surface area contributed by atoms with E-state index in [0.717, 1.165) is 22.3 Å². The molecule has 154 valence electrons. The fourth-order valence-electron chi connectivity index (χ4n) is 3.58. The van der Waals surface area contributed by atoms with Gasteiger partial charge in [0.25, 0.3) is 0 Å². The lowest BCUT2D eigenvalue weighted by Gasteiger charge is -2.28. The van der Waals surface area contributed by atoms with E-state index < -0.39 is 29.6 Å². The van der Waals surface area contributed by atoms with E-state index in [1.54, 1.807) is 0 Å². The zero-order valence-corrected chi connectivity index (χ0v) is 16.9. The maximum absolute atomic E-state index is 12.3. The molecule has 0 spiro atoms. The lowest BCUT2D eigenvalue weighted by molar-refractivity contribution is -0.140. The molecule has 0 fully saturated rings.